The highest BCUT2D eigenvalue weighted by molar-refractivity contribution is 5.93. The molecule has 0 aromatic heterocycles. The van der Waals surface area contributed by atoms with Crippen molar-refractivity contribution in [3.63, 3.8) is 0 Å². The molecule has 188 valence electrons. The molecule has 0 unspecified atom stereocenters. The molecule has 9 nitrogen and oxygen atoms in total. The van der Waals surface area contributed by atoms with Crippen LogP contribution in [0, 0.1) is 13.8 Å². The molecule has 0 aliphatic heterocycles. The second-order valence-corrected chi connectivity index (χ2v) is 7.73. The van der Waals surface area contributed by atoms with Gasteiger partial charge in [-0.1, -0.05) is 29.8 Å². The Labute approximate surface area is 209 Å². The number of carbonyl (C=O) groups is 2. The van der Waals surface area contributed by atoms with Crippen LogP contribution in [0.2, 0.25) is 0 Å². The van der Waals surface area contributed by atoms with Gasteiger partial charge in [0.15, 0.2) is 18.1 Å². The zero-order valence-corrected chi connectivity index (χ0v) is 20.8. The van der Waals surface area contributed by atoms with E-state index in [4.69, 9.17) is 23.7 Å². The zero-order valence-electron chi connectivity index (χ0n) is 20.8. The summed E-state index contributed by atoms with van der Waals surface area (Å²) in [7, 11) is 4.40. The maximum absolute atomic E-state index is 12.7. The van der Waals surface area contributed by atoms with Gasteiger partial charge >= 0.3 is 5.97 Å². The van der Waals surface area contributed by atoms with Crippen LogP contribution in [-0.2, 0) is 4.79 Å². The van der Waals surface area contributed by atoms with E-state index in [1.807, 2.05) is 32.0 Å². The molecular weight excluding hydrogens is 464 g/mol. The molecule has 0 heterocycles. The topological polar surface area (TPSA) is 105 Å². The first kappa shape index (κ1) is 26.1. The summed E-state index contributed by atoms with van der Waals surface area (Å²) in [5, 5.41) is 3.94. The zero-order chi connectivity index (χ0) is 26.1. The smallest absolute Gasteiger partial charge is 0.343 e. The Hall–Kier alpha value is -4.53. The monoisotopic (exact) mass is 492 g/mol. The minimum Gasteiger partial charge on any atom is -0.493 e. The molecule has 3 aromatic carbocycles. The molecule has 0 spiro atoms. The number of hydrogen-bond donors (Lipinski definition) is 1. The summed E-state index contributed by atoms with van der Waals surface area (Å²) in [5.74, 6) is 0.958. The molecule has 1 amide bonds. The van der Waals surface area contributed by atoms with Crippen LogP contribution in [0.1, 0.15) is 27.0 Å². The first-order valence-corrected chi connectivity index (χ1v) is 11.0. The lowest BCUT2D eigenvalue weighted by molar-refractivity contribution is -0.123. The van der Waals surface area contributed by atoms with Crippen molar-refractivity contribution in [2.75, 3.05) is 27.9 Å². The molecule has 9 heteroatoms. The van der Waals surface area contributed by atoms with Gasteiger partial charge in [-0.15, -0.1) is 0 Å². The van der Waals surface area contributed by atoms with Gasteiger partial charge in [-0.25, -0.2) is 10.2 Å². The van der Waals surface area contributed by atoms with Gasteiger partial charge < -0.3 is 23.7 Å². The highest BCUT2D eigenvalue weighted by Gasteiger charge is 2.18. The van der Waals surface area contributed by atoms with Crippen molar-refractivity contribution in [2.24, 2.45) is 5.10 Å². The number of esters is 1. The van der Waals surface area contributed by atoms with Crippen LogP contribution in [0.15, 0.2) is 59.7 Å². The lowest BCUT2D eigenvalue weighted by Crippen LogP contribution is -2.24. The molecule has 0 atom stereocenters. The van der Waals surface area contributed by atoms with E-state index < -0.39 is 11.9 Å². The van der Waals surface area contributed by atoms with Gasteiger partial charge in [-0.3, -0.25) is 4.79 Å². The van der Waals surface area contributed by atoms with Crippen molar-refractivity contribution in [3.05, 3.63) is 76.9 Å². The number of aryl methyl sites for hydroxylation is 2. The van der Waals surface area contributed by atoms with Gasteiger partial charge in [0.2, 0.25) is 5.75 Å². The summed E-state index contributed by atoms with van der Waals surface area (Å²) in [4.78, 5) is 24.8. The number of rotatable bonds is 10. The van der Waals surface area contributed by atoms with E-state index in [-0.39, 0.29) is 12.2 Å². The average Bonchev–Trinajstić information content (AvgIpc) is 2.87. The second-order valence-electron chi connectivity index (χ2n) is 7.73. The maximum atomic E-state index is 12.7. The van der Waals surface area contributed by atoms with Crippen molar-refractivity contribution in [1.82, 2.24) is 5.43 Å². The molecule has 0 radical (unpaired) electrons. The summed E-state index contributed by atoms with van der Waals surface area (Å²) >= 11 is 0. The standard InChI is InChI=1S/C27H28N2O7/c1-17-9-10-22(18(2)11-17)35-16-25(30)29-28-15-19-7-6-8-21(12-19)36-27(31)20-13-23(32-3)26(34-5)24(14-20)33-4/h6-15H,16H2,1-5H3,(H,29,30)/b28-15+. The largest absolute Gasteiger partial charge is 0.493 e. The van der Waals surface area contributed by atoms with Gasteiger partial charge in [0.1, 0.15) is 11.5 Å². The number of amides is 1. The van der Waals surface area contributed by atoms with E-state index in [9.17, 15) is 9.59 Å². The van der Waals surface area contributed by atoms with Gasteiger partial charge in [-0.05, 0) is 55.3 Å². The molecular formula is C27H28N2O7. The minimum atomic E-state index is -0.611. The Bertz CT molecular complexity index is 1250. The lowest BCUT2D eigenvalue weighted by atomic mass is 10.1. The highest BCUT2D eigenvalue weighted by atomic mass is 16.5. The van der Waals surface area contributed by atoms with E-state index in [1.54, 1.807) is 24.3 Å². The summed E-state index contributed by atoms with van der Waals surface area (Å²) in [6.45, 7) is 3.73. The number of carbonyl (C=O) groups excluding carboxylic acids is 2. The Balaban J connectivity index is 1.60. The minimum absolute atomic E-state index is 0.173. The molecule has 0 bridgehead atoms. The van der Waals surface area contributed by atoms with Crippen LogP contribution in [0.3, 0.4) is 0 Å². The molecule has 3 aromatic rings. The number of ether oxygens (including phenoxy) is 5. The van der Waals surface area contributed by atoms with E-state index in [1.165, 1.54) is 39.7 Å². The van der Waals surface area contributed by atoms with Crippen molar-refractivity contribution in [3.8, 4) is 28.7 Å². The quantitative estimate of drug-likeness (QED) is 0.197. The van der Waals surface area contributed by atoms with Crippen LogP contribution in [0.5, 0.6) is 28.7 Å². The Morgan fingerprint density at radius 3 is 2.25 bits per heavy atom. The van der Waals surface area contributed by atoms with Crippen LogP contribution < -0.4 is 29.1 Å². The number of nitrogens with zero attached hydrogens (tertiary/aromatic N) is 1. The van der Waals surface area contributed by atoms with Crippen LogP contribution in [0.25, 0.3) is 0 Å². The fourth-order valence-electron chi connectivity index (χ4n) is 3.34. The van der Waals surface area contributed by atoms with Gasteiger partial charge in [-0.2, -0.15) is 5.10 Å². The predicted octanol–water partition coefficient (Wildman–Crippen LogP) is 4.08. The number of nitrogens with one attached hydrogen (secondary N) is 1. The Kier molecular flexibility index (Phi) is 8.88. The number of hydrogen-bond acceptors (Lipinski definition) is 8. The Morgan fingerprint density at radius 1 is 0.889 bits per heavy atom. The van der Waals surface area contributed by atoms with Crippen LogP contribution >= 0.6 is 0 Å². The molecule has 1 N–H and O–H groups in total. The molecule has 3 rings (SSSR count). The average molecular weight is 493 g/mol. The molecule has 0 saturated heterocycles. The maximum Gasteiger partial charge on any atom is 0.343 e. The first-order valence-electron chi connectivity index (χ1n) is 11.0. The summed E-state index contributed by atoms with van der Waals surface area (Å²) in [6.07, 6.45) is 1.44. The van der Waals surface area contributed by atoms with Crippen molar-refractivity contribution in [1.29, 1.82) is 0 Å². The van der Waals surface area contributed by atoms with Gasteiger partial charge in [0.25, 0.3) is 5.91 Å². The molecule has 0 aliphatic carbocycles. The fourth-order valence-corrected chi connectivity index (χ4v) is 3.34. The third-order valence-electron chi connectivity index (χ3n) is 5.06. The van der Waals surface area contributed by atoms with Crippen LogP contribution in [-0.4, -0.2) is 46.0 Å². The number of methoxy groups -OCH3 is 3. The third-order valence-corrected chi connectivity index (χ3v) is 5.06. The number of benzene rings is 3. The second kappa shape index (κ2) is 12.3. The summed E-state index contributed by atoms with van der Waals surface area (Å²) in [6, 6.07) is 15.4. The van der Waals surface area contributed by atoms with Crippen LogP contribution in [0.4, 0.5) is 0 Å². The molecule has 0 fully saturated rings. The Morgan fingerprint density at radius 2 is 1.61 bits per heavy atom. The summed E-state index contributed by atoms with van der Waals surface area (Å²) in [5.41, 5.74) is 5.31. The van der Waals surface area contributed by atoms with Crippen molar-refractivity contribution >= 4 is 18.1 Å². The lowest BCUT2D eigenvalue weighted by Gasteiger charge is -2.13. The van der Waals surface area contributed by atoms with Crippen molar-refractivity contribution in [2.45, 2.75) is 13.8 Å². The van der Waals surface area contributed by atoms with E-state index in [0.29, 0.717) is 34.3 Å². The molecule has 0 saturated carbocycles. The predicted molar refractivity (Wildman–Crippen MR) is 135 cm³/mol. The summed E-state index contributed by atoms with van der Waals surface area (Å²) < 4.78 is 26.9. The number of hydrazone groups is 1. The molecule has 36 heavy (non-hydrogen) atoms. The third kappa shape index (κ3) is 6.75. The van der Waals surface area contributed by atoms with E-state index >= 15 is 0 Å². The SMILES string of the molecule is COc1cc(C(=O)Oc2cccc(/C=N/NC(=O)COc3ccc(C)cc3C)c2)cc(OC)c1OC. The first-order chi connectivity index (χ1) is 17.3. The van der Waals surface area contributed by atoms with E-state index in [0.717, 1.165) is 11.1 Å². The highest BCUT2D eigenvalue weighted by Crippen LogP contribution is 2.38. The van der Waals surface area contributed by atoms with Gasteiger partial charge in [0.05, 0.1) is 33.1 Å². The van der Waals surface area contributed by atoms with Gasteiger partial charge in [0, 0.05) is 0 Å². The van der Waals surface area contributed by atoms with Crippen molar-refractivity contribution < 1.29 is 33.3 Å². The molecule has 0 aliphatic rings. The fraction of sp³-hybridized carbons (Fsp3) is 0.222. The van der Waals surface area contributed by atoms with E-state index in [2.05, 4.69) is 10.5 Å². The normalized spacial score (nSPS) is 10.6.